The molecule has 5 nitrogen and oxygen atoms in total. The number of fused-ring (bicyclic) bond motifs is 1. The first-order valence-corrected chi connectivity index (χ1v) is 7.24. The lowest BCUT2D eigenvalue weighted by Crippen LogP contribution is -2.17. The van der Waals surface area contributed by atoms with E-state index in [1.807, 2.05) is 0 Å². The molecule has 1 saturated carbocycles. The lowest BCUT2D eigenvalue weighted by Gasteiger charge is -2.23. The number of nitrogens with one attached hydrogen (secondary N) is 1. The van der Waals surface area contributed by atoms with E-state index in [2.05, 4.69) is 5.32 Å². The maximum atomic E-state index is 12.1. The Morgan fingerprint density at radius 1 is 1.25 bits per heavy atom. The second-order valence-electron chi connectivity index (χ2n) is 5.81. The average Bonchev–Trinajstić information content (AvgIpc) is 2.75. The van der Waals surface area contributed by atoms with E-state index in [4.69, 9.17) is 0 Å². The van der Waals surface area contributed by atoms with Crippen LogP contribution >= 0.6 is 0 Å². The van der Waals surface area contributed by atoms with E-state index in [1.54, 1.807) is 12.1 Å². The zero-order valence-electron chi connectivity index (χ0n) is 11.3. The maximum Gasteiger partial charge on any atom is 0.269 e. The van der Waals surface area contributed by atoms with Crippen LogP contribution in [0.15, 0.2) is 18.2 Å². The van der Waals surface area contributed by atoms with Crippen molar-refractivity contribution in [2.24, 2.45) is 5.92 Å². The van der Waals surface area contributed by atoms with Gasteiger partial charge in [0.2, 0.25) is 5.91 Å². The molecule has 1 unspecified atom stereocenters. The fourth-order valence-electron chi connectivity index (χ4n) is 3.42. The molecule has 1 aromatic carbocycles. The number of benzene rings is 1. The number of hydrogen-bond donors (Lipinski definition) is 1. The molecule has 1 aliphatic heterocycles. The summed E-state index contributed by atoms with van der Waals surface area (Å²) in [4.78, 5) is 22.6. The second-order valence-corrected chi connectivity index (χ2v) is 5.81. The number of rotatable bonds is 3. The summed E-state index contributed by atoms with van der Waals surface area (Å²) in [5, 5.41) is 13.7. The molecule has 0 spiro atoms. The molecule has 0 bridgehead atoms. The highest BCUT2D eigenvalue weighted by molar-refractivity contribution is 6.03. The van der Waals surface area contributed by atoms with Gasteiger partial charge in [0.15, 0.2) is 0 Å². The lowest BCUT2D eigenvalue weighted by atomic mass is 9.81. The number of non-ortho nitro benzene ring substituents is 1. The fraction of sp³-hybridized carbons (Fsp3) is 0.533. The molecule has 1 heterocycles. The highest BCUT2D eigenvalue weighted by atomic mass is 16.6. The van der Waals surface area contributed by atoms with Gasteiger partial charge in [0, 0.05) is 17.8 Å². The van der Waals surface area contributed by atoms with Gasteiger partial charge in [0.25, 0.3) is 5.69 Å². The normalized spacial score (nSPS) is 22.4. The smallest absolute Gasteiger partial charge is 0.269 e. The highest BCUT2D eigenvalue weighted by Crippen LogP contribution is 2.41. The van der Waals surface area contributed by atoms with Crippen LogP contribution in [0.4, 0.5) is 11.4 Å². The van der Waals surface area contributed by atoms with Gasteiger partial charge in [0.05, 0.1) is 10.8 Å². The van der Waals surface area contributed by atoms with Gasteiger partial charge in [-0.15, -0.1) is 0 Å². The number of amides is 1. The van der Waals surface area contributed by atoms with E-state index >= 15 is 0 Å². The minimum absolute atomic E-state index is 0.00827. The predicted molar refractivity (Wildman–Crippen MR) is 75.7 cm³/mol. The number of carbonyl (C=O) groups is 1. The molecule has 1 aromatic rings. The summed E-state index contributed by atoms with van der Waals surface area (Å²) in [5.74, 6) is 0.351. The molecule has 1 atom stereocenters. The van der Waals surface area contributed by atoms with E-state index in [9.17, 15) is 14.9 Å². The molecule has 20 heavy (non-hydrogen) atoms. The van der Waals surface area contributed by atoms with Gasteiger partial charge < -0.3 is 5.32 Å². The standard InChI is InChI=1S/C15H18N2O3/c18-15-13(8-10-4-2-1-3-5-10)12-9-11(17(19)20)6-7-14(12)16-15/h6-7,9-10,13H,1-5,8H2,(H,16,18). The Bertz CT molecular complexity index is 550. The Morgan fingerprint density at radius 2 is 2.00 bits per heavy atom. The minimum atomic E-state index is -0.402. The van der Waals surface area contributed by atoms with Crippen LogP contribution in [-0.4, -0.2) is 10.8 Å². The SMILES string of the molecule is O=C1Nc2ccc([N+](=O)[O-])cc2C1CC1CCCCC1. The quantitative estimate of drug-likeness (QED) is 0.676. The van der Waals surface area contributed by atoms with Crippen molar-refractivity contribution in [3.8, 4) is 0 Å². The summed E-state index contributed by atoms with van der Waals surface area (Å²) in [6.07, 6.45) is 6.93. The monoisotopic (exact) mass is 274 g/mol. The molecule has 1 fully saturated rings. The first-order valence-electron chi connectivity index (χ1n) is 7.24. The van der Waals surface area contributed by atoms with E-state index in [0.29, 0.717) is 5.92 Å². The Kier molecular flexibility index (Phi) is 3.42. The largest absolute Gasteiger partial charge is 0.325 e. The number of nitrogens with zero attached hydrogens (tertiary/aromatic N) is 1. The van der Waals surface area contributed by atoms with E-state index < -0.39 is 4.92 Å². The summed E-state index contributed by atoms with van der Waals surface area (Å²) < 4.78 is 0. The van der Waals surface area contributed by atoms with Gasteiger partial charge >= 0.3 is 0 Å². The third-order valence-corrected chi connectivity index (χ3v) is 4.49. The van der Waals surface area contributed by atoms with Crippen molar-refractivity contribution in [1.29, 1.82) is 0 Å². The Labute approximate surface area is 117 Å². The van der Waals surface area contributed by atoms with Crippen LogP contribution in [0.2, 0.25) is 0 Å². The molecule has 0 saturated heterocycles. The van der Waals surface area contributed by atoms with Gasteiger partial charge in [-0.2, -0.15) is 0 Å². The average molecular weight is 274 g/mol. The van der Waals surface area contributed by atoms with Crippen molar-refractivity contribution in [3.05, 3.63) is 33.9 Å². The number of hydrogen-bond acceptors (Lipinski definition) is 3. The summed E-state index contributed by atoms with van der Waals surface area (Å²) >= 11 is 0. The molecule has 1 N–H and O–H groups in total. The molecule has 1 amide bonds. The topological polar surface area (TPSA) is 72.2 Å². The Hall–Kier alpha value is -1.91. The molecule has 1 aliphatic carbocycles. The second kappa shape index (κ2) is 5.23. The number of nitro groups is 1. The van der Waals surface area contributed by atoms with Crippen LogP contribution in [0.5, 0.6) is 0 Å². The van der Waals surface area contributed by atoms with Gasteiger partial charge in [-0.25, -0.2) is 0 Å². The summed E-state index contributed by atoms with van der Waals surface area (Å²) in [7, 11) is 0. The van der Waals surface area contributed by atoms with E-state index in [0.717, 1.165) is 17.7 Å². The van der Waals surface area contributed by atoms with Crippen molar-refractivity contribution in [1.82, 2.24) is 0 Å². The summed E-state index contributed by atoms with van der Waals surface area (Å²) in [6, 6.07) is 4.65. The zero-order chi connectivity index (χ0) is 14.1. The zero-order valence-corrected chi connectivity index (χ0v) is 11.3. The van der Waals surface area contributed by atoms with E-state index in [-0.39, 0.29) is 17.5 Å². The number of carbonyl (C=O) groups excluding carboxylic acids is 1. The third kappa shape index (κ3) is 2.40. The van der Waals surface area contributed by atoms with Crippen molar-refractivity contribution in [3.63, 3.8) is 0 Å². The Balaban J connectivity index is 1.83. The molecule has 0 radical (unpaired) electrons. The number of anilines is 1. The third-order valence-electron chi connectivity index (χ3n) is 4.49. The molecular formula is C15H18N2O3. The maximum absolute atomic E-state index is 12.1. The van der Waals surface area contributed by atoms with Crippen molar-refractivity contribution < 1.29 is 9.72 Å². The van der Waals surface area contributed by atoms with Crippen molar-refractivity contribution in [2.75, 3.05) is 5.32 Å². The van der Waals surface area contributed by atoms with Crippen LogP contribution in [0, 0.1) is 16.0 Å². The predicted octanol–water partition coefficient (Wildman–Crippen LogP) is 3.60. The fourth-order valence-corrected chi connectivity index (χ4v) is 3.42. The molecule has 3 rings (SSSR count). The lowest BCUT2D eigenvalue weighted by molar-refractivity contribution is -0.384. The van der Waals surface area contributed by atoms with Gasteiger partial charge in [-0.3, -0.25) is 14.9 Å². The first kappa shape index (κ1) is 13.1. The van der Waals surface area contributed by atoms with E-state index in [1.165, 1.54) is 38.2 Å². The summed E-state index contributed by atoms with van der Waals surface area (Å²) in [5.41, 5.74) is 1.60. The Morgan fingerprint density at radius 3 is 2.70 bits per heavy atom. The molecular weight excluding hydrogens is 256 g/mol. The molecule has 5 heteroatoms. The molecule has 106 valence electrons. The summed E-state index contributed by atoms with van der Waals surface area (Å²) in [6.45, 7) is 0. The minimum Gasteiger partial charge on any atom is -0.325 e. The van der Waals surface area contributed by atoms with Crippen LogP contribution in [0.1, 0.15) is 50.0 Å². The molecule has 0 aromatic heterocycles. The van der Waals surface area contributed by atoms with Crippen LogP contribution in [-0.2, 0) is 4.79 Å². The van der Waals surface area contributed by atoms with Gasteiger partial charge in [0.1, 0.15) is 0 Å². The molecule has 2 aliphatic rings. The number of nitro benzene ring substituents is 1. The van der Waals surface area contributed by atoms with Crippen molar-refractivity contribution in [2.45, 2.75) is 44.4 Å². The van der Waals surface area contributed by atoms with Crippen molar-refractivity contribution >= 4 is 17.3 Å². The van der Waals surface area contributed by atoms with Crippen LogP contribution in [0.3, 0.4) is 0 Å². The highest BCUT2D eigenvalue weighted by Gasteiger charge is 2.34. The van der Waals surface area contributed by atoms with Crippen LogP contribution in [0.25, 0.3) is 0 Å². The van der Waals surface area contributed by atoms with Crippen LogP contribution < -0.4 is 5.32 Å². The van der Waals surface area contributed by atoms with Gasteiger partial charge in [-0.05, 0) is 24.0 Å². The van der Waals surface area contributed by atoms with Gasteiger partial charge in [-0.1, -0.05) is 32.1 Å². The first-order chi connectivity index (χ1) is 9.65.